The van der Waals surface area contributed by atoms with E-state index < -0.39 is 17.2 Å². The molecule has 0 aliphatic carbocycles. The zero-order valence-electron chi connectivity index (χ0n) is 17.2. The molecule has 32 heavy (non-hydrogen) atoms. The van der Waals surface area contributed by atoms with E-state index in [4.69, 9.17) is 16.3 Å². The molecule has 1 aromatic carbocycles. The Morgan fingerprint density at radius 1 is 1.06 bits per heavy atom. The summed E-state index contributed by atoms with van der Waals surface area (Å²) >= 11 is 6.27. The summed E-state index contributed by atoms with van der Waals surface area (Å²) in [6.45, 7) is 1.25. The second-order valence-corrected chi connectivity index (χ2v) is 9.14. The lowest BCUT2D eigenvalue weighted by molar-refractivity contribution is -0.140. The number of pyridine rings is 1. The van der Waals surface area contributed by atoms with Gasteiger partial charge in [0, 0.05) is 32.0 Å². The van der Waals surface area contributed by atoms with Crippen LogP contribution in [-0.2, 0) is 9.53 Å². The number of nitrogens with zero attached hydrogens (tertiary/aromatic N) is 4. The van der Waals surface area contributed by atoms with E-state index in [9.17, 15) is 13.6 Å². The molecule has 0 N–H and O–H groups in total. The van der Waals surface area contributed by atoms with Gasteiger partial charge in [-0.05, 0) is 48.7 Å². The number of halogens is 3. The lowest BCUT2D eigenvalue weighted by atomic mass is 9.89. The molecule has 0 saturated carbocycles. The standard InChI is InChI=1S/C23H21ClF2N4O2/c24-17-1-3-20(30-19(17)5-8-27-30)28-9-6-23(7-10-28)22(31)29-18(2-4-21(29)32-23)14-11-15(25)13-16(26)12-14/h1,3,5,8,11-13,18,21H,2,4,6-7,9-10H2. The van der Waals surface area contributed by atoms with Crippen molar-refractivity contribution < 1.29 is 18.3 Å². The number of ether oxygens (including phenoxy) is 1. The number of piperidine rings is 1. The highest BCUT2D eigenvalue weighted by molar-refractivity contribution is 6.33. The fraction of sp³-hybridized carbons (Fsp3) is 0.391. The van der Waals surface area contributed by atoms with Crippen LogP contribution in [0.15, 0.2) is 42.6 Å². The number of hydrogen-bond donors (Lipinski definition) is 0. The van der Waals surface area contributed by atoms with Crippen molar-refractivity contribution in [3.05, 3.63) is 64.8 Å². The van der Waals surface area contributed by atoms with Crippen molar-refractivity contribution in [3.8, 4) is 0 Å². The van der Waals surface area contributed by atoms with E-state index in [1.807, 2.05) is 22.7 Å². The SMILES string of the molecule is O=C1N2C(CCC2c2cc(F)cc(F)c2)OC12CCN(c1ccc(Cl)c3ccnn13)CC2. The number of anilines is 1. The highest BCUT2D eigenvalue weighted by Crippen LogP contribution is 2.48. The van der Waals surface area contributed by atoms with Gasteiger partial charge in [0.2, 0.25) is 0 Å². The van der Waals surface area contributed by atoms with Crippen LogP contribution in [0.3, 0.4) is 0 Å². The van der Waals surface area contributed by atoms with Crippen LogP contribution in [0.2, 0.25) is 5.02 Å². The highest BCUT2D eigenvalue weighted by atomic mass is 35.5. The van der Waals surface area contributed by atoms with Gasteiger partial charge in [0.25, 0.3) is 5.91 Å². The Labute approximate surface area is 188 Å². The molecule has 3 saturated heterocycles. The Balaban J connectivity index is 1.24. The summed E-state index contributed by atoms with van der Waals surface area (Å²) in [5.41, 5.74) is 0.434. The van der Waals surface area contributed by atoms with Gasteiger partial charge in [-0.2, -0.15) is 5.10 Å². The van der Waals surface area contributed by atoms with Crippen LogP contribution in [0.1, 0.15) is 37.3 Å². The number of fused-ring (bicyclic) bond motifs is 2. The van der Waals surface area contributed by atoms with Crippen molar-refractivity contribution in [2.45, 2.75) is 43.6 Å². The summed E-state index contributed by atoms with van der Waals surface area (Å²) in [4.78, 5) is 17.4. The Morgan fingerprint density at radius 3 is 2.56 bits per heavy atom. The summed E-state index contributed by atoms with van der Waals surface area (Å²) in [7, 11) is 0. The van der Waals surface area contributed by atoms with Crippen LogP contribution in [-0.4, -0.2) is 45.3 Å². The topological polar surface area (TPSA) is 50.1 Å². The predicted molar refractivity (Wildman–Crippen MR) is 114 cm³/mol. The third kappa shape index (κ3) is 2.93. The molecule has 1 amide bonds. The maximum absolute atomic E-state index is 13.8. The number of aromatic nitrogens is 2. The number of rotatable bonds is 2. The normalized spacial score (nSPS) is 24.7. The van der Waals surface area contributed by atoms with Crippen LogP contribution in [0.5, 0.6) is 0 Å². The monoisotopic (exact) mass is 458 g/mol. The molecule has 2 atom stereocenters. The van der Waals surface area contributed by atoms with E-state index in [1.54, 1.807) is 11.1 Å². The Bertz CT molecular complexity index is 1200. The molecule has 6 rings (SSSR count). The van der Waals surface area contributed by atoms with E-state index in [1.165, 1.54) is 12.1 Å². The first-order chi connectivity index (χ1) is 15.4. The van der Waals surface area contributed by atoms with Crippen molar-refractivity contribution in [3.63, 3.8) is 0 Å². The fourth-order valence-electron chi connectivity index (χ4n) is 5.45. The molecular formula is C23H21ClF2N4O2. The van der Waals surface area contributed by atoms with Gasteiger partial charge < -0.3 is 14.5 Å². The second kappa shape index (κ2) is 7.15. The van der Waals surface area contributed by atoms with Crippen LogP contribution in [0.25, 0.3) is 5.52 Å². The predicted octanol–water partition coefficient (Wildman–Crippen LogP) is 4.32. The Kier molecular flexibility index (Phi) is 4.45. The Hall–Kier alpha value is -2.71. The number of benzene rings is 1. The third-order valence-electron chi connectivity index (χ3n) is 6.97. The average molecular weight is 459 g/mol. The quantitative estimate of drug-likeness (QED) is 0.573. The molecule has 3 aromatic rings. The maximum Gasteiger partial charge on any atom is 0.257 e. The number of amides is 1. The maximum atomic E-state index is 13.8. The minimum atomic E-state index is -0.888. The van der Waals surface area contributed by atoms with Gasteiger partial charge in [-0.3, -0.25) is 4.79 Å². The molecule has 1 spiro atoms. The summed E-state index contributed by atoms with van der Waals surface area (Å²) in [5.74, 6) is -0.420. The highest BCUT2D eigenvalue weighted by Gasteiger charge is 2.58. The number of carbonyl (C=O) groups is 1. The average Bonchev–Trinajstić information content (AvgIpc) is 3.46. The zero-order chi connectivity index (χ0) is 22.0. The molecule has 3 aliphatic heterocycles. The first kappa shape index (κ1) is 19.9. The Morgan fingerprint density at radius 2 is 1.81 bits per heavy atom. The molecule has 9 heteroatoms. The van der Waals surface area contributed by atoms with Crippen LogP contribution in [0.4, 0.5) is 14.6 Å². The summed E-state index contributed by atoms with van der Waals surface area (Å²) in [6, 6.07) is 8.77. The summed E-state index contributed by atoms with van der Waals surface area (Å²) in [5, 5.41) is 5.02. The van der Waals surface area contributed by atoms with Crippen molar-refractivity contribution in [2.24, 2.45) is 0 Å². The largest absolute Gasteiger partial charge is 0.356 e. The van der Waals surface area contributed by atoms with E-state index in [-0.39, 0.29) is 18.2 Å². The van der Waals surface area contributed by atoms with Gasteiger partial charge in [-0.15, -0.1) is 0 Å². The van der Waals surface area contributed by atoms with Crippen molar-refractivity contribution >= 4 is 28.8 Å². The van der Waals surface area contributed by atoms with E-state index in [0.717, 1.165) is 17.4 Å². The number of carbonyl (C=O) groups excluding carboxylic acids is 1. The minimum Gasteiger partial charge on any atom is -0.356 e. The molecule has 3 fully saturated rings. The van der Waals surface area contributed by atoms with Crippen LogP contribution in [0, 0.1) is 11.6 Å². The molecule has 0 bridgehead atoms. The minimum absolute atomic E-state index is 0.0744. The molecule has 2 unspecified atom stereocenters. The first-order valence-electron chi connectivity index (χ1n) is 10.8. The summed E-state index contributed by atoms with van der Waals surface area (Å²) in [6.07, 6.45) is 3.72. The van der Waals surface area contributed by atoms with Crippen LogP contribution < -0.4 is 4.90 Å². The van der Waals surface area contributed by atoms with Gasteiger partial charge in [0.1, 0.15) is 23.7 Å². The molecule has 6 nitrogen and oxygen atoms in total. The van der Waals surface area contributed by atoms with Crippen LogP contribution >= 0.6 is 11.6 Å². The van der Waals surface area contributed by atoms with Gasteiger partial charge >= 0.3 is 0 Å². The second-order valence-electron chi connectivity index (χ2n) is 8.73. The molecule has 166 valence electrons. The van der Waals surface area contributed by atoms with Crippen molar-refractivity contribution in [2.75, 3.05) is 18.0 Å². The van der Waals surface area contributed by atoms with Gasteiger partial charge in [0.05, 0.1) is 22.8 Å². The molecule has 2 aromatic heterocycles. The molecule has 5 heterocycles. The van der Waals surface area contributed by atoms with E-state index in [0.29, 0.717) is 49.4 Å². The van der Waals surface area contributed by atoms with Crippen molar-refractivity contribution in [1.82, 2.24) is 14.5 Å². The summed E-state index contributed by atoms with van der Waals surface area (Å²) < 4.78 is 35.7. The molecular weight excluding hydrogens is 438 g/mol. The number of hydrogen-bond acceptors (Lipinski definition) is 4. The smallest absolute Gasteiger partial charge is 0.257 e. The van der Waals surface area contributed by atoms with Gasteiger partial charge in [0.15, 0.2) is 5.60 Å². The lowest BCUT2D eigenvalue weighted by Gasteiger charge is -2.38. The molecule has 3 aliphatic rings. The van der Waals surface area contributed by atoms with E-state index in [2.05, 4.69) is 10.00 Å². The van der Waals surface area contributed by atoms with Gasteiger partial charge in [-0.1, -0.05) is 11.6 Å². The van der Waals surface area contributed by atoms with E-state index >= 15 is 0 Å². The molecule has 0 radical (unpaired) electrons. The first-order valence-corrected chi connectivity index (χ1v) is 11.2. The fourth-order valence-corrected chi connectivity index (χ4v) is 5.65. The zero-order valence-corrected chi connectivity index (χ0v) is 17.9. The van der Waals surface area contributed by atoms with Gasteiger partial charge in [-0.25, -0.2) is 13.3 Å². The lowest BCUT2D eigenvalue weighted by Crippen LogP contribution is -2.50. The third-order valence-corrected chi connectivity index (χ3v) is 7.29. The van der Waals surface area contributed by atoms with Crippen molar-refractivity contribution in [1.29, 1.82) is 0 Å².